The summed E-state index contributed by atoms with van der Waals surface area (Å²) in [5, 5.41) is 8.77. The molecule has 0 saturated heterocycles. The van der Waals surface area contributed by atoms with Crippen molar-refractivity contribution in [3.8, 4) is 11.4 Å². The minimum Gasteiger partial charge on any atom is -0.298 e. The smallest absolute Gasteiger partial charge is 0.298 e. The SMILES string of the molecule is Cc1ccc(Cn2c3c(=O)[nH]c(=O)n(C)c3n3c(-c4ccc(C)cc4)nnc23)cc1. The summed E-state index contributed by atoms with van der Waals surface area (Å²) in [5.41, 5.74) is 4.09. The second-order valence-corrected chi connectivity index (χ2v) is 7.59. The molecule has 3 heterocycles. The molecule has 3 aromatic heterocycles. The van der Waals surface area contributed by atoms with E-state index in [2.05, 4.69) is 15.2 Å². The third kappa shape index (κ3) is 2.68. The van der Waals surface area contributed by atoms with Crippen molar-refractivity contribution in [2.24, 2.45) is 7.05 Å². The first kappa shape index (κ1) is 18.1. The molecule has 5 aromatic rings. The van der Waals surface area contributed by atoms with Crippen molar-refractivity contribution < 1.29 is 0 Å². The number of rotatable bonds is 3. The zero-order chi connectivity index (χ0) is 21.0. The third-order valence-electron chi connectivity index (χ3n) is 5.41. The first-order valence-electron chi connectivity index (χ1n) is 9.63. The molecule has 0 atom stereocenters. The van der Waals surface area contributed by atoms with Gasteiger partial charge in [0, 0.05) is 12.6 Å². The molecule has 0 saturated carbocycles. The number of hydrogen-bond donors (Lipinski definition) is 1. The van der Waals surface area contributed by atoms with Crippen LogP contribution in [0.5, 0.6) is 0 Å². The maximum absolute atomic E-state index is 12.8. The highest BCUT2D eigenvalue weighted by molar-refractivity contribution is 5.79. The van der Waals surface area contributed by atoms with Gasteiger partial charge in [-0.3, -0.25) is 18.9 Å². The first-order chi connectivity index (χ1) is 14.4. The summed E-state index contributed by atoms with van der Waals surface area (Å²) < 4.78 is 5.02. The lowest BCUT2D eigenvalue weighted by atomic mass is 10.1. The molecule has 0 amide bonds. The van der Waals surface area contributed by atoms with Gasteiger partial charge in [0.05, 0.1) is 6.54 Å². The van der Waals surface area contributed by atoms with Crippen LogP contribution in [0.2, 0.25) is 0 Å². The fourth-order valence-corrected chi connectivity index (χ4v) is 3.76. The van der Waals surface area contributed by atoms with E-state index in [1.807, 2.05) is 66.9 Å². The molecular weight excluding hydrogens is 380 g/mol. The van der Waals surface area contributed by atoms with Gasteiger partial charge >= 0.3 is 5.69 Å². The van der Waals surface area contributed by atoms with Gasteiger partial charge in [-0.15, -0.1) is 10.2 Å². The quantitative estimate of drug-likeness (QED) is 0.504. The number of nitrogens with zero attached hydrogens (tertiary/aromatic N) is 5. The molecular formula is C22H20N6O2. The Kier molecular flexibility index (Phi) is 3.95. The van der Waals surface area contributed by atoms with Gasteiger partial charge in [0.25, 0.3) is 5.56 Å². The minimum absolute atomic E-state index is 0.385. The predicted molar refractivity (Wildman–Crippen MR) is 115 cm³/mol. The van der Waals surface area contributed by atoms with E-state index in [1.165, 1.54) is 4.57 Å². The lowest BCUT2D eigenvalue weighted by Crippen LogP contribution is -2.29. The summed E-state index contributed by atoms with van der Waals surface area (Å²) in [4.78, 5) is 27.6. The molecule has 0 spiro atoms. The van der Waals surface area contributed by atoms with Crippen molar-refractivity contribution in [1.82, 2.24) is 28.7 Å². The highest BCUT2D eigenvalue weighted by Gasteiger charge is 2.22. The summed E-state index contributed by atoms with van der Waals surface area (Å²) in [6.07, 6.45) is 0. The average Bonchev–Trinajstić information content (AvgIpc) is 3.28. The van der Waals surface area contributed by atoms with Crippen molar-refractivity contribution in [2.45, 2.75) is 20.4 Å². The van der Waals surface area contributed by atoms with Gasteiger partial charge in [0.2, 0.25) is 5.78 Å². The molecule has 150 valence electrons. The molecule has 1 N–H and O–H groups in total. The fraction of sp³-hybridized carbons (Fsp3) is 0.182. The Hall–Kier alpha value is -3.94. The molecule has 0 unspecified atom stereocenters. The summed E-state index contributed by atoms with van der Waals surface area (Å²) in [6.45, 7) is 4.47. The predicted octanol–water partition coefficient (Wildman–Crippen LogP) is 2.40. The van der Waals surface area contributed by atoms with Gasteiger partial charge in [-0.2, -0.15) is 0 Å². The molecule has 5 rings (SSSR count). The summed E-state index contributed by atoms with van der Waals surface area (Å²) >= 11 is 0. The lowest BCUT2D eigenvalue weighted by molar-refractivity contribution is 0.809. The Morgan fingerprint density at radius 3 is 2.20 bits per heavy atom. The van der Waals surface area contributed by atoms with Crippen LogP contribution in [0, 0.1) is 13.8 Å². The van der Waals surface area contributed by atoms with Crippen molar-refractivity contribution in [3.63, 3.8) is 0 Å². The Bertz CT molecular complexity index is 1520. The van der Waals surface area contributed by atoms with Gasteiger partial charge in [-0.05, 0) is 19.4 Å². The van der Waals surface area contributed by atoms with E-state index in [0.717, 1.165) is 22.3 Å². The fourth-order valence-electron chi connectivity index (χ4n) is 3.76. The second-order valence-electron chi connectivity index (χ2n) is 7.59. The van der Waals surface area contributed by atoms with Gasteiger partial charge < -0.3 is 0 Å². The van der Waals surface area contributed by atoms with Gasteiger partial charge in [0.1, 0.15) is 0 Å². The minimum atomic E-state index is -0.481. The van der Waals surface area contributed by atoms with Crippen molar-refractivity contribution >= 4 is 16.9 Å². The number of hydrogen-bond acceptors (Lipinski definition) is 4. The molecule has 8 heteroatoms. The standard InChI is InChI=1S/C22H20N6O2/c1-13-4-8-15(9-5-13)12-27-17-19(29)23-22(30)26(3)20(17)28-18(24-25-21(27)28)16-10-6-14(2)7-11-16/h4-11H,12H2,1-3H3,(H,23,29,30). The van der Waals surface area contributed by atoms with Gasteiger partial charge in [0.15, 0.2) is 17.0 Å². The molecule has 2 aromatic carbocycles. The number of aryl methyl sites for hydroxylation is 3. The van der Waals surface area contributed by atoms with Crippen LogP contribution in [0.3, 0.4) is 0 Å². The van der Waals surface area contributed by atoms with Crippen LogP contribution in [-0.4, -0.2) is 28.7 Å². The van der Waals surface area contributed by atoms with E-state index in [-0.39, 0.29) is 0 Å². The van der Waals surface area contributed by atoms with Crippen LogP contribution in [0.15, 0.2) is 58.1 Å². The second kappa shape index (κ2) is 6.55. The molecule has 8 nitrogen and oxygen atoms in total. The molecule has 0 fully saturated rings. The zero-order valence-electron chi connectivity index (χ0n) is 16.9. The van der Waals surface area contributed by atoms with Crippen molar-refractivity contribution in [2.75, 3.05) is 0 Å². The van der Waals surface area contributed by atoms with Crippen LogP contribution in [-0.2, 0) is 13.6 Å². The summed E-state index contributed by atoms with van der Waals surface area (Å²) in [7, 11) is 1.63. The van der Waals surface area contributed by atoms with E-state index < -0.39 is 11.2 Å². The number of fused-ring (bicyclic) bond motifs is 3. The topological polar surface area (TPSA) is 90.0 Å². The lowest BCUT2D eigenvalue weighted by Gasteiger charge is -2.06. The third-order valence-corrected chi connectivity index (χ3v) is 5.41. The zero-order valence-corrected chi connectivity index (χ0v) is 16.9. The number of aromatic nitrogens is 6. The highest BCUT2D eigenvalue weighted by atomic mass is 16.2. The van der Waals surface area contributed by atoms with E-state index in [9.17, 15) is 9.59 Å². The summed E-state index contributed by atoms with van der Waals surface area (Å²) in [5.74, 6) is 1.09. The van der Waals surface area contributed by atoms with E-state index in [0.29, 0.717) is 29.3 Å². The van der Waals surface area contributed by atoms with Crippen LogP contribution in [0.25, 0.3) is 28.3 Å². The van der Waals surface area contributed by atoms with Crippen LogP contribution < -0.4 is 11.2 Å². The molecule has 0 bridgehead atoms. The molecule has 0 aliphatic carbocycles. The Morgan fingerprint density at radius 2 is 1.53 bits per heavy atom. The van der Waals surface area contributed by atoms with Crippen molar-refractivity contribution in [1.29, 1.82) is 0 Å². The normalized spacial score (nSPS) is 11.6. The number of aromatic amines is 1. The number of H-pyrrole nitrogens is 1. The molecule has 0 aliphatic heterocycles. The van der Waals surface area contributed by atoms with E-state index in [4.69, 9.17) is 0 Å². The number of benzene rings is 2. The van der Waals surface area contributed by atoms with E-state index in [1.54, 1.807) is 11.4 Å². The highest BCUT2D eigenvalue weighted by Crippen LogP contribution is 2.25. The first-order valence-corrected chi connectivity index (χ1v) is 9.63. The number of nitrogens with one attached hydrogen (secondary N) is 1. The monoisotopic (exact) mass is 400 g/mol. The van der Waals surface area contributed by atoms with E-state index >= 15 is 0 Å². The Morgan fingerprint density at radius 1 is 0.900 bits per heavy atom. The number of imidazole rings is 1. The van der Waals surface area contributed by atoms with Gasteiger partial charge in [-0.25, -0.2) is 9.20 Å². The Balaban J connectivity index is 1.86. The average molecular weight is 400 g/mol. The molecule has 0 aliphatic rings. The van der Waals surface area contributed by atoms with Crippen molar-refractivity contribution in [3.05, 3.63) is 86.1 Å². The molecule has 30 heavy (non-hydrogen) atoms. The van der Waals surface area contributed by atoms with Crippen LogP contribution >= 0.6 is 0 Å². The van der Waals surface area contributed by atoms with Gasteiger partial charge in [-0.1, -0.05) is 59.7 Å². The largest absolute Gasteiger partial charge is 0.329 e. The maximum Gasteiger partial charge on any atom is 0.329 e. The maximum atomic E-state index is 12.8. The molecule has 0 radical (unpaired) electrons. The summed E-state index contributed by atoms with van der Waals surface area (Å²) in [6, 6.07) is 16.0. The Labute approximate surface area is 171 Å². The van der Waals surface area contributed by atoms with Crippen LogP contribution in [0.1, 0.15) is 16.7 Å². The van der Waals surface area contributed by atoms with Crippen LogP contribution in [0.4, 0.5) is 0 Å².